The Morgan fingerprint density at radius 1 is 1.00 bits per heavy atom. The maximum atomic E-state index is 12.4. The molecular weight excluding hydrogens is 413 g/mol. The SMILES string of the molecule is CCN1CCN(c2nc(-c3ccc(S(=O)(=O)CCCF)cc3)cc3ccccc23)CC1. The molecule has 4 rings (SSSR count). The van der Waals surface area contributed by atoms with Crippen LogP contribution in [0.25, 0.3) is 22.0 Å². The van der Waals surface area contributed by atoms with Gasteiger partial charge in [0.25, 0.3) is 0 Å². The van der Waals surface area contributed by atoms with Crippen molar-refractivity contribution in [2.45, 2.75) is 18.2 Å². The summed E-state index contributed by atoms with van der Waals surface area (Å²) in [5.74, 6) is 0.800. The lowest BCUT2D eigenvalue weighted by molar-refractivity contribution is 0.271. The number of piperazine rings is 1. The zero-order valence-electron chi connectivity index (χ0n) is 17.8. The lowest BCUT2D eigenvalue weighted by atomic mass is 10.1. The molecule has 2 heterocycles. The van der Waals surface area contributed by atoms with Gasteiger partial charge in [-0.3, -0.25) is 4.39 Å². The average Bonchev–Trinajstić information content (AvgIpc) is 2.82. The Bertz CT molecular complexity index is 1140. The molecule has 1 aliphatic rings. The van der Waals surface area contributed by atoms with Gasteiger partial charge in [-0.05, 0) is 36.6 Å². The highest BCUT2D eigenvalue weighted by Gasteiger charge is 2.20. The van der Waals surface area contributed by atoms with Gasteiger partial charge in [-0.1, -0.05) is 43.3 Å². The van der Waals surface area contributed by atoms with Crippen LogP contribution in [0.5, 0.6) is 0 Å². The van der Waals surface area contributed by atoms with Gasteiger partial charge in [-0.25, -0.2) is 13.4 Å². The number of anilines is 1. The van der Waals surface area contributed by atoms with Crippen LogP contribution in [0, 0.1) is 0 Å². The number of fused-ring (bicyclic) bond motifs is 1. The number of benzene rings is 2. The first-order chi connectivity index (χ1) is 15.0. The van der Waals surface area contributed by atoms with Gasteiger partial charge >= 0.3 is 0 Å². The first-order valence-corrected chi connectivity index (χ1v) is 12.4. The van der Waals surface area contributed by atoms with Crippen LogP contribution in [0.15, 0.2) is 59.5 Å². The van der Waals surface area contributed by atoms with Crippen LogP contribution in [0.2, 0.25) is 0 Å². The minimum atomic E-state index is -3.46. The Kier molecular flexibility index (Phi) is 6.53. The first-order valence-electron chi connectivity index (χ1n) is 10.8. The van der Waals surface area contributed by atoms with E-state index in [1.54, 1.807) is 24.3 Å². The summed E-state index contributed by atoms with van der Waals surface area (Å²) >= 11 is 0. The van der Waals surface area contributed by atoms with Crippen LogP contribution in [0.3, 0.4) is 0 Å². The highest BCUT2D eigenvalue weighted by atomic mass is 32.2. The number of nitrogens with zero attached hydrogens (tertiary/aromatic N) is 3. The molecule has 0 atom stereocenters. The second kappa shape index (κ2) is 9.32. The van der Waals surface area contributed by atoms with Gasteiger partial charge in [0.15, 0.2) is 9.84 Å². The predicted octanol–water partition coefficient (Wildman–Crippen LogP) is 4.18. The van der Waals surface area contributed by atoms with Crippen LogP contribution in [-0.2, 0) is 9.84 Å². The van der Waals surface area contributed by atoms with Gasteiger partial charge < -0.3 is 9.80 Å². The van der Waals surface area contributed by atoms with Crippen LogP contribution < -0.4 is 4.90 Å². The van der Waals surface area contributed by atoms with E-state index in [2.05, 4.69) is 28.9 Å². The van der Waals surface area contributed by atoms with Crippen molar-refractivity contribution in [2.75, 3.05) is 50.1 Å². The second-order valence-corrected chi connectivity index (χ2v) is 9.97. The average molecular weight is 442 g/mol. The van der Waals surface area contributed by atoms with E-state index in [0.717, 1.165) is 60.6 Å². The number of pyridine rings is 1. The Balaban J connectivity index is 1.68. The number of hydrogen-bond acceptors (Lipinski definition) is 5. The minimum absolute atomic E-state index is 0.0188. The lowest BCUT2D eigenvalue weighted by Crippen LogP contribution is -2.46. The lowest BCUT2D eigenvalue weighted by Gasteiger charge is -2.35. The number of alkyl halides is 1. The molecule has 3 aromatic rings. The van der Waals surface area contributed by atoms with Crippen molar-refractivity contribution in [3.8, 4) is 11.3 Å². The Hall–Kier alpha value is -2.51. The predicted molar refractivity (Wildman–Crippen MR) is 124 cm³/mol. The fourth-order valence-electron chi connectivity index (χ4n) is 4.04. The third kappa shape index (κ3) is 4.72. The van der Waals surface area contributed by atoms with Crippen molar-refractivity contribution in [3.63, 3.8) is 0 Å². The van der Waals surface area contributed by atoms with Gasteiger partial charge in [0.2, 0.25) is 0 Å². The Morgan fingerprint density at radius 2 is 1.71 bits per heavy atom. The van der Waals surface area contributed by atoms with Gasteiger partial charge in [-0.2, -0.15) is 0 Å². The van der Waals surface area contributed by atoms with Crippen LogP contribution in [0.1, 0.15) is 13.3 Å². The van der Waals surface area contributed by atoms with E-state index in [1.807, 2.05) is 18.2 Å². The number of sulfone groups is 1. The minimum Gasteiger partial charge on any atom is -0.354 e. The van der Waals surface area contributed by atoms with Crippen molar-refractivity contribution >= 4 is 26.4 Å². The van der Waals surface area contributed by atoms with E-state index in [0.29, 0.717) is 0 Å². The van der Waals surface area contributed by atoms with E-state index in [4.69, 9.17) is 4.98 Å². The van der Waals surface area contributed by atoms with Crippen LogP contribution in [-0.4, -0.2) is 63.5 Å². The van der Waals surface area contributed by atoms with E-state index in [1.165, 1.54) is 0 Å². The molecule has 0 radical (unpaired) electrons. The number of rotatable bonds is 7. The molecule has 0 aliphatic carbocycles. The monoisotopic (exact) mass is 441 g/mol. The summed E-state index contributed by atoms with van der Waals surface area (Å²) < 4.78 is 37.1. The molecule has 7 heteroatoms. The Morgan fingerprint density at radius 3 is 2.39 bits per heavy atom. The van der Waals surface area contributed by atoms with Gasteiger partial charge in [0.05, 0.1) is 23.0 Å². The molecule has 5 nitrogen and oxygen atoms in total. The highest BCUT2D eigenvalue weighted by Crippen LogP contribution is 2.31. The third-order valence-corrected chi connectivity index (χ3v) is 7.71. The smallest absolute Gasteiger partial charge is 0.178 e. The number of halogens is 1. The summed E-state index contributed by atoms with van der Waals surface area (Å²) in [4.78, 5) is 10.00. The number of hydrogen-bond donors (Lipinski definition) is 0. The van der Waals surface area contributed by atoms with E-state index >= 15 is 0 Å². The molecule has 0 N–H and O–H groups in total. The number of aromatic nitrogens is 1. The molecule has 164 valence electrons. The molecule has 0 spiro atoms. The molecule has 0 bridgehead atoms. The van der Waals surface area contributed by atoms with Crippen LogP contribution in [0.4, 0.5) is 10.2 Å². The maximum Gasteiger partial charge on any atom is 0.178 e. The molecule has 1 aromatic heterocycles. The zero-order chi connectivity index (χ0) is 21.8. The standard InChI is InChI=1S/C24H28FN3O2S/c1-2-27-13-15-28(16-14-27)24-22-7-4-3-6-20(22)18-23(26-24)19-8-10-21(11-9-19)31(29,30)17-5-12-25/h3-4,6-11,18H,2,5,12-17H2,1H3. The fourth-order valence-corrected chi connectivity index (χ4v) is 5.32. The molecule has 1 saturated heterocycles. The molecule has 2 aromatic carbocycles. The fraction of sp³-hybridized carbons (Fsp3) is 0.375. The quantitative estimate of drug-likeness (QED) is 0.551. The molecular formula is C24H28FN3O2S. The summed E-state index contributed by atoms with van der Waals surface area (Å²) in [5, 5.41) is 2.24. The normalized spacial score (nSPS) is 15.5. The first kappa shape index (κ1) is 21.7. The maximum absolute atomic E-state index is 12.4. The topological polar surface area (TPSA) is 53.5 Å². The van der Waals surface area contributed by atoms with Crippen LogP contribution >= 0.6 is 0 Å². The van der Waals surface area contributed by atoms with E-state index in [-0.39, 0.29) is 17.1 Å². The highest BCUT2D eigenvalue weighted by molar-refractivity contribution is 7.91. The van der Waals surface area contributed by atoms with Gasteiger partial charge in [-0.15, -0.1) is 0 Å². The number of likely N-dealkylation sites (N-methyl/N-ethyl adjacent to an activating group) is 1. The van der Waals surface area contributed by atoms with Crippen molar-refractivity contribution in [3.05, 3.63) is 54.6 Å². The van der Waals surface area contributed by atoms with Crippen molar-refractivity contribution in [1.29, 1.82) is 0 Å². The summed E-state index contributed by atoms with van der Waals surface area (Å²) in [6.45, 7) is 6.51. The molecule has 1 aliphatic heterocycles. The molecule has 1 fully saturated rings. The Labute approximate surface area is 183 Å². The summed E-state index contributed by atoms with van der Waals surface area (Å²) in [5.41, 5.74) is 1.68. The summed E-state index contributed by atoms with van der Waals surface area (Å²) in [6, 6.07) is 17.1. The summed E-state index contributed by atoms with van der Waals surface area (Å²) in [6.07, 6.45) is 0.0188. The third-order valence-electron chi connectivity index (χ3n) is 5.90. The van der Waals surface area contributed by atoms with Gasteiger partial charge in [0, 0.05) is 37.1 Å². The molecule has 0 amide bonds. The summed E-state index contributed by atoms with van der Waals surface area (Å²) in [7, 11) is -3.46. The van der Waals surface area contributed by atoms with E-state index in [9.17, 15) is 12.8 Å². The largest absolute Gasteiger partial charge is 0.354 e. The molecule has 31 heavy (non-hydrogen) atoms. The van der Waals surface area contributed by atoms with Crippen molar-refractivity contribution < 1.29 is 12.8 Å². The van der Waals surface area contributed by atoms with Gasteiger partial charge in [0.1, 0.15) is 5.82 Å². The van der Waals surface area contributed by atoms with Crippen molar-refractivity contribution in [2.24, 2.45) is 0 Å². The second-order valence-electron chi connectivity index (χ2n) is 7.86. The molecule has 0 saturated carbocycles. The molecule has 0 unspecified atom stereocenters. The zero-order valence-corrected chi connectivity index (χ0v) is 18.6. The van der Waals surface area contributed by atoms with Crippen molar-refractivity contribution in [1.82, 2.24) is 9.88 Å². The van der Waals surface area contributed by atoms with E-state index < -0.39 is 16.5 Å².